The van der Waals surface area contributed by atoms with Gasteiger partial charge in [-0.25, -0.2) is 0 Å². The minimum Gasteiger partial charge on any atom is -0.481 e. The van der Waals surface area contributed by atoms with E-state index >= 15 is 0 Å². The molecular formula is C26H33Cl2F3N4O4. The number of hydrogen-bond acceptors (Lipinski definition) is 6. The normalized spacial score (nSPS) is 21.0. The van der Waals surface area contributed by atoms with Gasteiger partial charge >= 0.3 is 12.1 Å². The molecule has 1 aliphatic carbocycles. The molecule has 2 rings (SSSR count). The van der Waals surface area contributed by atoms with Gasteiger partial charge in [0.15, 0.2) is 11.5 Å². The van der Waals surface area contributed by atoms with Gasteiger partial charge in [0, 0.05) is 25.1 Å². The Kier molecular flexibility index (Phi) is 10.6. The van der Waals surface area contributed by atoms with E-state index in [9.17, 15) is 27.6 Å². The van der Waals surface area contributed by atoms with E-state index in [4.69, 9.17) is 34.0 Å². The number of ketones is 1. The van der Waals surface area contributed by atoms with Gasteiger partial charge in [-0.1, -0.05) is 50.9 Å². The van der Waals surface area contributed by atoms with Crippen molar-refractivity contribution in [1.82, 2.24) is 9.88 Å². The molecule has 216 valence electrons. The zero-order valence-electron chi connectivity index (χ0n) is 22.2. The van der Waals surface area contributed by atoms with Crippen LogP contribution in [0.25, 0.3) is 0 Å². The highest BCUT2D eigenvalue weighted by Gasteiger charge is 2.43. The topological polar surface area (TPSA) is 126 Å². The number of hydrogen-bond donors (Lipinski definition) is 2. The molecule has 1 aliphatic rings. The number of aromatic nitrogens is 1. The first-order valence-electron chi connectivity index (χ1n) is 12.3. The van der Waals surface area contributed by atoms with Crippen molar-refractivity contribution in [3.8, 4) is 0 Å². The summed E-state index contributed by atoms with van der Waals surface area (Å²) in [4.78, 5) is 46.4. The summed E-state index contributed by atoms with van der Waals surface area (Å²) in [6.07, 6.45) is -0.987. The number of nitrogens with two attached hydrogens (primary N) is 1. The first kappa shape index (κ1) is 32.6. The highest BCUT2D eigenvalue weighted by molar-refractivity contribution is 6.39. The van der Waals surface area contributed by atoms with E-state index in [1.807, 2.05) is 0 Å². The van der Waals surface area contributed by atoms with Crippen LogP contribution in [0, 0.1) is 10.8 Å². The van der Waals surface area contributed by atoms with Gasteiger partial charge in [0.1, 0.15) is 0 Å². The third-order valence-electron chi connectivity index (χ3n) is 6.39. The Balaban J connectivity index is 2.41. The Hall–Kier alpha value is -2.66. The fourth-order valence-electron chi connectivity index (χ4n) is 4.57. The zero-order chi connectivity index (χ0) is 29.8. The first-order valence-corrected chi connectivity index (χ1v) is 13.0. The van der Waals surface area contributed by atoms with Crippen LogP contribution in [0.3, 0.4) is 0 Å². The summed E-state index contributed by atoms with van der Waals surface area (Å²) in [6.45, 7) is 6.35. The number of Topliss-reactive ketones (excluding diaryl/α,β-unsaturated/α-hetero) is 1. The number of carboxylic acid groups (broad SMARTS) is 1. The van der Waals surface area contributed by atoms with Crippen LogP contribution in [0.15, 0.2) is 29.2 Å². The van der Waals surface area contributed by atoms with Crippen molar-refractivity contribution in [1.29, 1.82) is 0 Å². The Morgan fingerprint density at radius 3 is 2.15 bits per heavy atom. The second-order valence-corrected chi connectivity index (χ2v) is 12.1. The smallest absolute Gasteiger partial charge is 0.433 e. The third-order valence-corrected chi connectivity index (χ3v) is 6.96. The molecular weight excluding hydrogens is 560 g/mol. The van der Waals surface area contributed by atoms with Crippen LogP contribution in [-0.4, -0.2) is 63.7 Å². The van der Waals surface area contributed by atoms with Crippen LogP contribution >= 0.6 is 23.2 Å². The van der Waals surface area contributed by atoms with Gasteiger partial charge in [-0.2, -0.15) is 13.2 Å². The van der Waals surface area contributed by atoms with Gasteiger partial charge in [0.05, 0.1) is 40.2 Å². The van der Waals surface area contributed by atoms with Crippen molar-refractivity contribution in [2.45, 2.75) is 72.0 Å². The summed E-state index contributed by atoms with van der Waals surface area (Å²) in [6, 6.07) is -0.779. The number of amides is 1. The lowest BCUT2D eigenvalue weighted by Gasteiger charge is -2.35. The van der Waals surface area contributed by atoms with Gasteiger partial charge < -0.3 is 15.7 Å². The summed E-state index contributed by atoms with van der Waals surface area (Å²) in [5, 5.41) is 9.01. The number of rotatable bonds is 9. The molecule has 1 saturated carbocycles. The SMILES string of the molecule is CC(C)(C)CN(CC(=O)c1c(Cl)cncc1Cl)C(=O)C(=CN)C(=NC1CCC(C)(CC(=O)O)CC1)C(F)(F)F. The molecule has 1 aromatic heterocycles. The average Bonchev–Trinajstić information content (AvgIpc) is 2.77. The summed E-state index contributed by atoms with van der Waals surface area (Å²) in [7, 11) is 0. The molecule has 8 nitrogen and oxygen atoms in total. The van der Waals surface area contributed by atoms with Crippen LogP contribution in [0.5, 0.6) is 0 Å². The van der Waals surface area contributed by atoms with Gasteiger partial charge in [0.2, 0.25) is 0 Å². The predicted molar refractivity (Wildman–Crippen MR) is 143 cm³/mol. The maximum atomic E-state index is 14.2. The lowest BCUT2D eigenvalue weighted by Crippen LogP contribution is -2.45. The van der Waals surface area contributed by atoms with E-state index in [1.54, 1.807) is 27.7 Å². The number of carbonyl (C=O) groups is 3. The fraction of sp³-hybridized carbons (Fsp3) is 0.577. The Morgan fingerprint density at radius 2 is 1.72 bits per heavy atom. The van der Waals surface area contributed by atoms with Gasteiger partial charge in [-0.15, -0.1) is 0 Å². The molecule has 0 spiro atoms. The summed E-state index contributed by atoms with van der Waals surface area (Å²) >= 11 is 12.1. The largest absolute Gasteiger partial charge is 0.481 e. The molecule has 0 bridgehead atoms. The second kappa shape index (κ2) is 12.7. The molecule has 1 fully saturated rings. The number of aliphatic carboxylic acids is 1. The second-order valence-electron chi connectivity index (χ2n) is 11.3. The molecule has 39 heavy (non-hydrogen) atoms. The number of pyridine rings is 1. The third kappa shape index (κ3) is 9.20. The van der Waals surface area contributed by atoms with Crippen molar-refractivity contribution in [3.05, 3.63) is 39.8 Å². The van der Waals surface area contributed by atoms with Crippen molar-refractivity contribution in [3.63, 3.8) is 0 Å². The van der Waals surface area contributed by atoms with Crippen molar-refractivity contribution in [2.24, 2.45) is 21.6 Å². The minimum absolute atomic E-state index is 0.0602. The maximum Gasteiger partial charge on any atom is 0.433 e. The number of nitrogens with zero attached hydrogens (tertiary/aromatic N) is 3. The minimum atomic E-state index is -5.02. The molecule has 0 radical (unpaired) electrons. The maximum absolute atomic E-state index is 14.2. The van der Waals surface area contributed by atoms with Gasteiger partial charge in [-0.05, 0) is 36.5 Å². The number of carbonyl (C=O) groups excluding carboxylic acids is 2. The Labute approximate surface area is 235 Å². The summed E-state index contributed by atoms with van der Waals surface area (Å²) < 4.78 is 42.7. The predicted octanol–water partition coefficient (Wildman–Crippen LogP) is 5.72. The van der Waals surface area contributed by atoms with Crippen LogP contribution in [0.4, 0.5) is 13.2 Å². The molecule has 0 aromatic carbocycles. The highest BCUT2D eigenvalue weighted by atomic mass is 35.5. The van der Waals surface area contributed by atoms with Gasteiger partial charge in [0.25, 0.3) is 5.91 Å². The molecule has 1 heterocycles. The van der Waals surface area contributed by atoms with Crippen molar-refractivity contribution in [2.75, 3.05) is 13.1 Å². The number of carboxylic acids is 1. The molecule has 0 aliphatic heterocycles. The lowest BCUT2D eigenvalue weighted by molar-refractivity contribution is -0.140. The van der Waals surface area contributed by atoms with Crippen molar-refractivity contribution >= 4 is 46.6 Å². The van der Waals surface area contributed by atoms with Crippen LogP contribution in [0.1, 0.15) is 70.2 Å². The standard InChI is InChI=1S/C26H33Cl2F3N4O4/c1-24(2,3)14-35(13-19(36)21-17(27)11-33-12-18(21)28)23(39)16(10-32)22(26(29,30)31)34-15-5-7-25(4,8-6-15)9-20(37)38/h10-12,15H,5-9,13-14,32H2,1-4H3,(H,37,38). The number of aliphatic imine (C=N–C) groups is 1. The zero-order valence-corrected chi connectivity index (χ0v) is 23.8. The van der Waals surface area contributed by atoms with Crippen LogP contribution < -0.4 is 5.73 Å². The Bertz CT molecular complexity index is 1130. The monoisotopic (exact) mass is 592 g/mol. The van der Waals surface area contributed by atoms with E-state index in [0.717, 1.165) is 4.90 Å². The average molecular weight is 593 g/mol. The highest BCUT2D eigenvalue weighted by Crippen LogP contribution is 2.40. The molecule has 13 heteroatoms. The van der Waals surface area contributed by atoms with Crippen LogP contribution in [-0.2, 0) is 9.59 Å². The van der Waals surface area contributed by atoms with E-state index in [-0.39, 0.29) is 41.4 Å². The molecule has 0 atom stereocenters. The summed E-state index contributed by atoms with van der Waals surface area (Å²) in [5.74, 6) is -2.78. The van der Waals surface area contributed by atoms with Crippen LogP contribution in [0.2, 0.25) is 10.0 Å². The molecule has 1 amide bonds. The molecule has 0 unspecified atom stereocenters. The van der Waals surface area contributed by atoms with E-state index in [2.05, 4.69) is 9.98 Å². The number of alkyl halides is 3. The molecule has 0 saturated heterocycles. The summed E-state index contributed by atoms with van der Waals surface area (Å²) in [5.41, 5.74) is 2.01. The van der Waals surface area contributed by atoms with Crippen molar-refractivity contribution < 1.29 is 32.7 Å². The van der Waals surface area contributed by atoms with Gasteiger partial charge in [-0.3, -0.25) is 24.4 Å². The quantitative estimate of drug-likeness (QED) is 0.215. The van der Waals surface area contributed by atoms with E-state index < -0.39 is 58.5 Å². The lowest BCUT2D eigenvalue weighted by atomic mass is 9.72. The fourth-order valence-corrected chi connectivity index (χ4v) is 5.15. The molecule has 3 N–H and O–H groups in total. The Morgan fingerprint density at radius 1 is 1.18 bits per heavy atom. The first-order chi connectivity index (χ1) is 17.9. The van der Waals surface area contributed by atoms with E-state index in [0.29, 0.717) is 19.0 Å². The number of halogens is 5. The van der Waals surface area contributed by atoms with E-state index in [1.165, 1.54) is 12.4 Å². The molecule has 1 aromatic rings.